The molecule has 0 aromatic heterocycles. The van der Waals surface area contributed by atoms with E-state index in [0.717, 1.165) is 40.4 Å². The van der Waals surface area contributed by atoms with E-state index >= 15 is 0 Å². The van der Waals surface area contributed by atoms with Crippen molar-refractivity contribution >= 4 is 63.6 Å². The van der Waals surface area contributed by atoms with Crippen LogP contribution in [0.3, 0.4) is 0 Å². The SMILES string of the molecule is COC(=O)[C@H](Cc1ccc(I=C2C(=O)OC3(OC2=O)C2CC4CC(C2)CC3C4)cc1)NC(=O)OC(C)(C)C.COC(=O)[C@H](Cc1ccc([211At])cc1)NC(=O)OC(C)(C)C.[At][211At]. The molecule has 2 aromatic rings. The molecule has 61 heavy (non-hydrogen) atoms. The molecule has 0 unspecified atom stereocenters. The minimum absolute atomic E-state index is 0.106. The molecular weight excluding hydrogens is 1500 g/mol. The predicted molar refractivity (Wildman–Crippen MR) is 220 cm³/mol. The molecule has 4 saturated carbocycles. The van der Waals surface area contributed by atoms with Crippen LogP contribution in [0.4, 0.5) is 9.59 Å². The van der Waals surface area contributed by atoms with Gasteiger partial charge in [-0.3, -0.25) is 0 Å². The van der Waals surface area contributed by atoms with Gasteiger partial charge < -0.3 is 24.3 Å². The van der Waals surface area contributed by atoms with Crippen molar-refractivity contribution in [1.29, 1.82) is 0 Å². The Hall–Kier alpha value is -1.89. The number of methoxy groups -OCH3 is 2. The maximum atomic E-state index is 13.1. The third-order valence-electron chi connectivity index (χ3n) is 10.4. The molecule has 14 nitrogen and oxygen atoms in total. The van der Waals surface area contributed by atoms with Crippen LogP contribution in [0.1, 0.15) is 84.8 Å². The van der Waals surface area contributed by atoms with Gasteiger partial charge in [0, 0.05) is 21.8 Å². The molecule has 5 aliphatic rings. The van der Waals surface area contributed by atoms with E-state index in [4.69, 9.17) is 28.4 Å². The van der Waals surface area contributed by atoms with Crippen LogP contribution in [0, 0.1) is 91.8 Å². The molecule has 2 aromatic carbocycles. The number of ether oxygens (including phenoxy) is 6. The van der Waals surface area contributed by atoms with Gasteiger partial charge in [-0.15, -0.1) is 0 Å². The van der Waals surface area contributed by atoms with Gasteiger partial charge in [0.1, 0.15) is 11.6 Å². The number of halogens is 1. The Morgan fingerprint density at radius 3 is 1.43 bits per heavy atom. The van der Waals surface area contributed by atoms with Crippen LogP contribution in [0.5, 0.6) is 0 Å². The first-order valence-electron chi connectivity index (χ1n) is 19.8. The van der Waals surface area contributed by atoms with Crippen molar-refractivity contribution in [1.82, 2.24) is 10.6 Å². The number of nitrogens with one attached hydrogen (secondary N) is 2. The molecule has 2 amide bonds. The Kier molecular flexibility index (Phi) is 19.4. The molecule has 7 rings (SSSR count). The fourth-order valence-corrected chi connectivity index (χ4v) is 10.7. The number of carbonyl (C=O) groups is 6. The third kappa shape index (κ3) is 15.1. The number of rotatable bonds is 9. The number of hydrogen-bond donors (Lipinski definition) is 2. The van der Waals surface area contributed by atoms with Crippen molar-refractivity contribution in [3.8, 4) is 0 Å². The number of alkyl carbamates (subject to hydrolysis) is 2. The second-order valence-electron chi connectivity index (χ2n) is 17.3. The summed E-state index contributed by atoms with van der Waals surface area (Å²) in [7, 11) is 2.55. The summed E-state index contributed by atoms with van der Waals surface area (Å²) < 4.78 is 34.1. The predicted octanol–water partition coefficient (Wildman–Crippen LogP) is 5.33. The summed E-state index contributed by atoms with van der Waals surface area (Å²) in [5, 5.41) is 5.11. The average Bonchev–Trinajstić information content (AvgIpc) is 3.18. The topological polar surface area (TPSA) is 182 Å². The maximum absolute atomic E-state index is 13.1. The Bertz CT molecular complexity index is 1880. The van der Waals surface area contributed by atoms with Crippen LogP contribution in [0.15, 0.2) is 48.5 Å². The standard InChI is InChI=1S/C28H34INO8.C15H20AtNO4.At2/c1-27(2,3)38-26(34)30-21(23(31)35-4)14-15-5-7-20(8-6-15)29-22-24(32)36-28(37-25(22)33)18-10-16-9-17(12-18)13-19(28)11-16;1-15(2,3)21-14(19)17-12(13(18)20-4)9-10-5-7-11(16)8-6-10;1-2/h5-8,16-19,21H,9-14H2,1-4H3,(H,30,34);5-8,12H,9H2,1-4H3,(H,17,19);/t16?,17?,18?,19?,21-;12-;/m00./s1/i;16+1;1+1. The first kappa shape index (κ1) is 51.7. The second kappa shape index (κ2) is 22.8. The average molecular weight is 1550 g/mol. The van der Waals surface area contributed by atoms with Crippen molar-refractivity contribution in [2.45, 2.75) is 116 Å². The molecule has 336 valence electrons. The van der Waals surface area contributed by atoms with E-state index in [-0.39, 0.29) is 21.8 Å². The van der Waals surface area contributed by atoms with Gasteiger partial charge in [-0.05, 0) is 82.4 Å². The number of benzene rings is 2. The van der Waals surface area contributed by atoms with E-state index in [1.165, 1.54) is 23.9 Å². The fraction of sp³-hybridized carbons (Fsp3) is 0.558. The van der Waals surface area contributed by atoms with Crippen LogP contribution < -0.4 is 13.9 Å². The summed E-state index contributed by atoms with van der Waals surface area (Å²) in [6.07, 6.45) is 4.33. The van der Waals surface area contributed by atoms with Crippen molar-refractivity contribution in [3.63, 3.8) is 0 Å². The summed E-state index contributed by atoms with van der Waals surface area (Å²) in [4.78, 5) is 74.2. The summed E-state index contributed by atoms with van der Waals surface area (Å²) >= 11 is 4.02. The number of esters is 4. The first-order chi connectivity index (χ1) is 28.7. The summed E-state index contributed by atoms with van der Waals surface area (Å²) in [6, 6.07) is 13.4. The normalized spacial score (nSPS) is 23.4. The molecule has 4 aliphatic carbocycles. The molecule has 18 heteroatoms. The second-order valence-corrected chi connectivity index (χ2v) is 21.9. The molecule has 1 saturated heterocycles. The number of hydrogen-bond acceptors (Lipinski definition) is 12. The van der Waals surface area contributed by atoms with Gasteiger partial charge in [-0.2, -0.15) is 0 Å². The summed E-state index contributed by atoms with van der Waals surface area (Å²) in [5.41, 5.74) is 0.402. The van der Waals surface area contributed by atoms with Crippen LogP contribution >= 0.6 is 20.7 Å². The van der Waals surface area contributed by atoms with Gasteiger partial charge in [0.05, 0.1) is 7.11 Å². The fourth-order valence-electron chi connectivity index (χ4n) is 8.19. The van der Waals surface area contributed by atoms with E-state index in [9.17, 15) is 28.8 Å². The van der Waals surface area contributed by atoms with Crippen LogP contribution in [-0.4, -0.2) is 82.9 Å². The molecule has 1 aliphatic heterocycles. The van der Waals surface area contributed by atoms with Crippen molar-refractivity contribution < 1.29 is 122 Å². The van der Waals surface area contributed by atoms with Crippen LogP contribution in [0.25, 0.3) is 0 Å². The number of amides is 2. The van der Waals surface area contributed by atoms with Gasteiger partial charge in [0.15, 0.2) is 3.51 Å². The molecule has 2 atom stereocenters. The molecule has 2 N–H and O–H groups in total. The van der Waals surface area contributed by atoms with Crippen molar-refractivity contribution in [2.24, 2.45) is 23.7 Å². The first-order valence-corrected chi connectivity index (χ1v) is 34.3. The Balaban J connectivity index is 0.000000303. The van der Waals surface area contributed by atoms with Gasteiger partial charge in [-0.25, -0.2) is 19.2 Å². The van der Waals surface area contributed by atoms with E-state index in [2.05, 4.69) is 10.6 Å². The molecule has 4 bridgehead atoms. The monoisotopic (exact) mass is 1550 g/mol. The van der Waals surface area contributed by atoms with Crippen molar-refractivity contribution in [2.75, 3.05) is 14.2 Å². The van der Waals surface area contributed by atoms with Gasteiger partial charge in [0.25, 0.3) is 5.79 Å². The molecule has 1 spiro atoms. The van der Waals surface area contributed by atoms with Gasteiger partial charge in [-0.1, -0.05) is 32.9 Å². The van der Waals surface area contributed by atoms with E-state index in [1.54, 1.807) is 118 Å². The van der Waals surface area contributed by atoms with Gasteiger partial charge in [0.2, 0.25) is 0 Å². The quantitative estimate of drug-likeness (QED) is 0.188. The van der Waals surface area contributed by atoms with E-state index < -0.39 is 85.9 Å². The Morgan fingerprint density at radius 1 is 0.689 bits per heavy atom. The molecule has 1 heterocycles. The molecule has 5 fully saturated rings. The molecule has 0 radical (unpaired) electrons. The minimum atomic E-state index is -1.12. The van der Waals surface area contributed by atoms with Crippen LogP contribution in [-0.2, 0) is 60.4 Å². The summed E-state index contributed by atoms with van der Waals surface area (Å²) in [6.45, 7) is 10.5. The zero-order valence-corrected chi connectivity index (χ0v) is 46.4. The number of carbonyl (C=O) groups excluding carboxylic acids is 6. The van der Waals surface area contributed by atoms with E-state index in [0.29, 0.717) is 18.3 Å². The zero-order chi connectivity index (χ0) is 45.3. The molecular formula is C43H54At3IN2O12. The Labute approximate surface area is 408 Å². The van der Waals surface area contributed by atoms with E-state index in [1.807, 2.05) is 36.4 Å². The Morgan fingerprint density at radius 2 is 1.07 bits per heavy atom. The van der Waals surface area contributed by atoms with Gasteiger partial charge >= 0.3 is 204 Å². The third-order valence-corrected chi connectivity index (χ3v) is 14.1. The van der Waals surface area contributed by atoms with Crippen LogP contribution in [0.2, 0.25) is 0 Å². The zero-order valence-electron chi connectivity index (χ0n) is 35.4. The van der Waals surface area contributed by atoms with Crippen molar-refractivity contribution in [3.05, 3.63) is 63.2 Å². The summed E-state index contributed by atoms with van der Waals surface area (Å²) in [5.74, 6) is -1.66.